The third-order valence-electron chi connectivity index (χ3n) is 8.52. The highest BCUT2D eigenvalue weighted by atomic mass is 16.6. The first kappa shape index (κ1) is 44.1. The minimum absolute atomic E-state index is 0.0713. The molecule has 0 bridgehead atoms. The fourth-order valence-corrected chi connectivity index (χ4v) is 5.49. The van der Waals surface area contributed by atoms with Gasteiger partial charge in [-0.05, 0) is 44.9 Å². The lowest BCUT2D eigenvalue weighted by molar-refractivity contribution is -0.167. The molecule has 0 spiro atoms. The van der Waals surface area contributed by atoms with E-state index in [0.717, 1.165) is 70.6 Å². The monoisotopic (exact) mass is 651 g/mol. The molecule has 0 aliphatic rings. The maximum atomic E-state index is 12.6. The molecule has 0 fully saturated rings. The molecule has 46 heavy (non-hydrogen) atoms. The molecule has 0 aliphatic carbocycles. The van der Waals surface area contributed by atoms with Crippen molar-refractivity contribution in [2.24, 2.45) is 0 Å². The Bertz CT molecular complexity index is 719. The summed E-state index contributed by atoms with van der Waals surface area (Å²) in [6.07, 6.45) is 35.0. The van der Waals surface area contributed by atoms with Crippen molar-refractivity contribution in [2.75, 3.05) is 13.2 Å². The third-order valence-corrected chi connectivity index (χ3v) is 8.52. The first-order chi connectivity index (χ1) is 22.5. The number of rotatable bonds is 35. The van der Waals surface area contributed by atoms with Gasteiger partial charge < -0.3 is 14.2 Å². The molecule has 6 nitrogen and oxygen atoms in total. The predicted octanol–water partition coefficient (Wildman–Crippen LogP) is 11.9. The molecule has 0 saturated heterocycles. The Balaban J connectivity index is 4.28. The molecule has 0 aromatic rings. The second-order valence-corrected chi connectivity index (χ2v) is 13.2. The van der Waals surface area contributed by atoms with E-state index >= 15 is 0 Å². The molecule has 0 aliphatic heterocycles. The summed E-state index contributed by atoms with van der Waals surface area (Å²) in [5.74, 6) is -0.895. The van der Waals surface area contributed by atoms with Crippen molar-refractivity contribution in [2.45, 2.75) is 213 Å². The van der Waals surface area contributed by atoms with Crippen molar-refractivity contribution >= 4 is 17.9 Å². The van der Waals surface area contributed by atoms with E-state index in [2.05, 4.69) is 32.9 Å². The number of carbonyl (C=O) groups excluding carboxylic acids is 3. The molecule has 0 aromatic carbocycles. The van der Waals surface area contributed by atoms with Crippen LogP contribution in [0.2, 0.25) is 0 Å². The Morgan fingerprint density at radius 3 is 1.13 bits per heavy atom. The van der Waals surface area contributed by atoms with Crippen LogP contribution in [0.5, 0.6) is 0 Å². The highest BCUT2D eigenvalue weighted by Crippen LogP contribution is 2.14. The molecule has 0 heterocycles. The zero-order valence-corrected chi connectivity index (χ0v) is 30.6. The average molecular weight is 651 g/mol. The number of hydrogen-bond donors (Lipinski definition) is 0. The molecule has 1 atom stereocenters. The number of carbonyl (C=O) groups is 3. The van der Waals surface area contributed by atoms with E-state index in [1.165, 1.54) is 96.3 Å². The predicted molar refractivity (Wildman–Crippen MR) is 192 cm³/mol. The zero-order chi connectivity index (χ0) is 33.8. The van der Waals surface area contributed by atoms with E-state index in [0.29, 0.717) is 19.3 Å². The Kier molecular flexibility index (Phi) is 34.5. The van der Waals surface area contributed by atoms with Crippen LogP contribution in [0.1, 0.15) is 207 Å². The minimum atomic E-state index is -0.761. The van der Waals surface area contributed by atoms with Gasteiger partial charge in [-0.25, -0.2) is 0 Å². The van der Waals surface area contributed by atoms with Crippen LogP contribution < -0.4 is 0 Å². The second-order valence-electron chi connectivity index (χ2n) is 13.2. The van der Waals surface area contributed by atoms with Gasteiger partial charge in [0.15, 0.2) is 6.10 Å². The Labute approximate surface area is 284 Å². The van der Waals surface area contributed by atoms with Gasteiger partial charge in [0, 0.05) is 19.3 Å². The van der Waals surface area contributed by atoms with Gasteiger partial charge in [0.25, 0.3) is 0 Å². The number of ether oxygens (including phenoxy) is 3. The van der Waals surface area contributed by atoms with Crippen LogP contribution in [0.15, 0.2) is 12.2 Å². The fourth-order valence-electron chi connectivity index (χ4n) is 5.49. The van der Waals surface area contributed by atoms with E-state index in [9.17, 15) is 14.4 Å². The summed E-state index contributed by atoms with van der Waals surface area (Å²) in [4.78, 5) is 37.2. The normalized spacial score (nSPS) is 12.0. The van der Waals surface area contributed by atoms with Crippen LogP contribution >= 0.6 is 0 Å². The van der Waals surface area contributed by atoms with Crippen LogP contribution in [0.3, 0.4) is 0 Å². The lowest BCUT2D eigenvalue weighted by Crippen LogP contribution is -2.30. The highest BCUT2D eigenvalue weighted by Gasteiger charge is 2.19. The smallest absolute Gasteiger partial charge is 0.306 e. The summed E-state index contributed by atoms with van der Waals surface area (Å²) in [7, 11) is 0. The molecule has 270 valence electrons. The molecule has 0 radical (unpaired) electrons. The maximum Gasteiger partial charge on any atom is 0.306 e. The summed E-state index contributed by atoms with van der Waals surface area (Å²) in [6.45, 7) is 6.50. The van der Waals surface area contributed by atoms with Crippen LogP contribution in [-0.4, -0.2) is 37.2 Å². The summed E-state index contributed by atoms with van der Waals surface area (Å²) < 4.78 is 16.5. The molecule has 0 rings (SSSR count). The third kappa shape index (κ3) is 33.5. The molecule has 0 N–H and O–H groups in total. The summed E-state index contributed by atoms with van der Waals surface area (Å²) >= 11 is 0. The first-order valence-electron chi connectivity index (χ1n) is 19.7. The van der Waals surface area contributed by atoms with Gasteiger partial charge >= 0.3 is 17.9 Å². The molecule has 1 unspecified atom stereocenters. The molecular weight excluding hydrogens is 576 g/mol. The van der Waals surface area contributed by atoms with Crippen molar-refractivity contribution in [1.29, 1.82) is 0 Å². The van der Waals surface area contributed by atoms with E-state index in [4.69, 9.17) is 14.2 Å². The molecular formula is C40H74O6. The quantitative estimate of drug-likeness (QED) is 0.0294. The minimum Gasteiger partial charge on any atom is -0.462 e. The molecule has 0 saturated carbocycles. The van der Waals surface area contributed by atoms with Crippen LogP contribution in [0.25, 0.3) is 0 Å². The molecule has 6 heteroatoms. The number of unbranched alkanes of at least 4 members (excludes halogenated alkanes) is 22. The van der Waals surface area contributed by atoms with Crippen LogP contribution in [0.4, 0.5) is 0 Å². The van der Waals surface area contributed by atoms with Gasteiger partial charge in [-0.2, -0.15) is 0 Å². The van der Waals surface area contributed by atoms with Gasteiger partial charge in [0.2, 0.25) is 0 Å². The van der Waals surface area contributed by atoms with E-state index in [-0.39, 0.29) is 31.1 Å². The highest BCUT2D eigenvalue weighted by molar-refractivity contribution is 5.71. The van der Waals surface area contributed by atoms with Crippen molar-refractivity contribution in [3.05, 3.63) is 12.2 Å². The standard InChI is InChI=1S/C40H74O6/c1-4-7-10-13-15-17-19-21-22-24-27-30-33-39(42)45-36-37(35-44-38(41)32-29-26-12-9-6-3)46-40(43)34-31-28-25-23-20-18-16-14-11-8-5-2/h15,17,37H,4-14,16,18-36H2,1-3H3/b17-15-. The zero-order valence-electron chi connectivity index (χ0n) is 30.6. The Morgan fingerprint density at radius 2 is 0.717 bits per heavy atom. The molecule has 0 amide bonds. The number of allylic oxidation sites excluding steroid dienone is 2. The van der Waals surface area contributed by atoms with E-state index in [1.54, 1.807) is 0 Å². The van der Waals surface area contributed by atoms with Gasteiger partial charge in [0.1, 0.15) is 13.2 Å². The van der Waals surface area contributed by atoms with Gasteiger partial charge in [0.05, 0.1) is 0 Å². The largest absolute Gasteiger partial charge is 0.462 e. The van der Waals surface area contributed by atoms with Crippen LogP contribution in [0, 0.1) is 0 Å². The number of esters is 3. The fraction of sp³-hybridized carbons (Fsp3) is 0.875. The first-order valence-corrected chi connectivity index (χ1v) is 19.7. The second kappa shape index (κ2) is 36.0. The average Bonchev–Trinajstić information content (AvgIpc) is 3.05. The number of hydrogen-bond acceptors (Lipinski definition) is 6. The van der Waals surface area contributed by atoms with Crippen molar-refractivity contribution in [1.82, 2.24) is 0 Å². The van der Waals surface area contributed by atoms with Gasteiger partial charge in [-0.1, -0.05) is 155 Å². The van der Waals surface area contributed by atoms with E-state index < -0.39 is 6.10 Å². The summed E-state index contributed by atoms with van der Waals surface area (Å²) in [6, 6.07) is 0. The Morgan fingerprint density at radius 1 is 0.413 bits per heavy atom. The summed E-state index contributed by atoms with van der Waals surface area (Å²) in [5, 5.41) is 0. The summed E-state index contributed by atoms with van der Waals surface area (Å²) in [5.41, 5.74) is 0. The van der Waals surface area contributed by atoms with Gasteiger partial charge in [-0.3, -0.25) is 14.4 Å². The van der Waals surface area contributed by atoms with E-state index in [1.807, 2.05) is 0 Å². The maximum absolute atomic E-state index is 12.6. The SMILES string of the molecule is CCCCC/C=C\CCCCCCCC(=O)OCC(COC(=O)CCCCCCC)OC(=O)CCCCCCCCCCCCC. The lowest BCUT2D eigenvalue weighted by atomic mass is 10.1. The van der Waals surface area contributed by atoms with Crippen molar-refractivity contribution in [3.8, 4) is 0 Å². The lowest BCUT2D eigenvalue weighted by Gasteiger charge is -2.18. The van der Waals surface area contributed by atoms with Gasteiger partial charge in [-0.15, -0.1) is 0 Å². The van der Waals surface area contributed by atoms with Crippen LogP contribution in [-0.2, 0) is 28.6 Å². The van der Waals surface area contributed by atoms with Crippen molar-refractivity contribution < 1.29 is 28.6 Å². The molecule has 0 aromatic heterocycles. The Hall–Kier alpha value is -1.85. The van der Waals surface area contributed by atoms with Crippen molar-refractivity contribution in [3.63, 3.8) is 0 Å². The topological polar surface area (TPSA) is 78.9 Å².